The summed E-state index contributed by atoms with van der Waals surface area (Å²) in [4.78, 5) is 13.2. The van der Waals surface area contributed by atoms with Gasteiger partial charge in [0.15, 0.2) is 5.96 Å². The minimum Gasteiger partial charge on any atom is -0.443 e. The number of nitrogens with one attached hydrogen (secondary N) is 1. The maximum atomic E-state index is 13.1. The number of halogens is 2. The molecule has 1 aromatic heterocycles. The maximum absolute atomic E-state index is 13.1. The fraction of sp³-hybridized carbons (Fsp3) is 0.500. The van der Waals surface area contributed by atoms with Gasteiger partial charge in [0.1, 0.15) is 11.6 Å². The lowest BCUT2D eigenvalue weighted by Gasteiger charge is -2.37. The zero-order chi connectivity index (χ0) is 19.4. The molecule has 2 heterocycles. The Morgan fingerprint density at radius 2 is 1.82 bits per heavy atom. The Labute approximate surface area is 183 Å². The first-order valence-electron chi connectivity index (χ1n) is 9.28. The number of aromatic nitrogens is 1. The first kappa shape index (κ1) is 22.4. The van der Waals surface area contributed by atoms with Crippen molar-refractivity contribution in [3.8, 4) is 0 Å². The Morgan fingerprint density at radius 3 is 2.36 bits per heavy atom. The molecule has 8 heteroatoms. The molecule has 1 aliphatic rings. The second-order valence-corrected chi connectivity index (χ2v) is 7.72. The number of aliphatic imine (C=N–C) groups is 1. The average molecular weight is 501 g/mol. The molecule has 3 rings (SSSR count). The van der Waals surface area contributed by atoms with Crippen molar-refractivity contribution < 1.29 is 8.81 Å². The molecule has 1 aromatic carbocycles. The van der Waals surface area contributed by atoms with Crippen molar-refractivity contribution >= 4 is 35.6 Å². The molecule has 2 aromatic rings. The number of benzene rings is 1. The van der Waals surface area contributed by atoms with Gasteiger partial charge in [-0.2, -0.15) is 0 Å². The molecule has 0 amide bonds. The highest BCUT2D eigenvalue weighted by atomic mass is 127. The second kappa shape index (κ2) is 9.58. The first-order chi connectivity index (χ1) is 12.9. The molecule has 0 aliphatic carbocycles. The molecule has 1 aliphatic heterocycles. The molecule has 0 saturated carbocycles. The van der Waals surface area contributed by atoms with Crippen LogP contribution >= 0.6 is 24.0 Å². The highest BCUT2D eigenvalue weighted by molar-refractivity contribution is 14.0. The lowest BCUT2D eigenvalue weighted by Crippen LogP contribution is -2.52. The Bertz CT molecular complexity index is 777. The second-order valence-electron chi connectivity index (χ2n) is 7.72. The quantitative estimate of drug-likeness (QED) is 0.396. The summed E-state index contributed by atoms with van der Waals surface area (Å²) in [6.45, 7) is 10.2. The summed E-state index contributed by atoms with van der Waals surface area (Å²) >= 11 is 0. The van der Waals surface area contributed by atoms with Gasteiger partial charge in [-0.25, -0.2) is 9.37 Å². The van der Waals surface area contributed by atoms with Gasteiger partial charge in [-0.05, 0) is 24.3 Å². The number of piperazine rings is 1. The summed E-state index contributed by atoms with van der Waals surface area (Å²) < 4.78 is 18.9. The molecule has 0 unspecified atom stereocenters. The lowest BCUT2D eigenvalue weighted by atomic mass is 9.94. The zero-order valence-corrected chi connectivity index (χ0v) is 19.2. The van der Waals surface area contributed by atoms with Gasteiger partial charge in [-0.3, -0.25) is 4.99 Å². The van der Waals surface area contributed by atoms with E-state index in [0.717, 1.165) is 43.6 Å². The third kappa shape index (κ3) is 5.59. The molecule has 0 spiro atoms. The molecule has 0 bridgehead atoms. The van der Waals surface area contributed by atoms with Crippen molar-refractivity contribution in [3.63, 3.8) is 0 Å². The molecule has 1 fully saturated rings. The summed E-state index contributed by atoms with van der Waals surface area (Å²) in [6.07, 6.45) is 1.79. The van der Waals surface area contributed by atoms with Crippen LogP contribution in [0.1, 0.15) is 32.4 Å². The maximum Gasteiger partial charge on any atom is 0.213 e. The van der Waals surface area contributed by atoms with E-state index >= 15 is 0 Å². The van der Waals surface area contributed by atoms with Gasteiger partial charge in [-0.15, -0.1) is 24.0 Å². The number of rotatable bonds is 3. The van der Waals surface area contributed by atoms with Gasteiger partial charge in [0.05, 0.1) is 12.7 Å². The Morgan fingerprint density at radius 1 is 1.18 bits per heavy atom. The zero-order valence-electron chi connectivity index (χ0n) is 16.9. The summed E-state index contributed by atoms with van der Waals surface area (Å²) in [7, 11) is 1.78. The molecule has 154 valence electrons. The Balaban J connectivity index is 0.00000280. The van der Waals surface area contributed by atoms with Crippen molar-refractivity contribution in [2.45, 2.75) is 32.7 Å². The number of oxazole rings is 1. The number of guanidine groups is 1. The van der Waals surface area contributed by atoms with E-state index in [1.807, 2.05) is 12.1 Å². The van der Waals surface area contributed by atoms with Crippen LogP contribution in [0.3, 0.4) is 0 Å². The molecule has 1 saturated heterocycles. The molecular weight excluding hydrogens is 472 g/mol. The smallest absolute Gasteiger partial charge is 0.213 e. The van der Waals surface area contributed by atoms with E-state index in [0.29, 0.717) is 12.4 Å². The van der Waals surface area contributed by atoms with E-state index in [1.165, 1.54) is 12.1 Å². The SMILES string of the molecule is CN=C(NCc1ncc(C(C)(C)C)o1)N1CCN(c2ccc(F)cc2)CC1.I. The molecule has 1 N–H and O–H groups in total. The third-order valence-electron chi connectivity index (χ3n) is 4.67. The first-order valence-corrected chi connectivity index (χ1v) is 9.28. The van der Waals surface area contributed by atoms with Crippen LogP contribution in [-0.4, -0.2) is 49.1 Å². The minimum atomic E-state index is -0.205. The predicted molar refractivity (Wildman–Crippen MR) is 121 cm³/mol. The number of nitrogens with zero attached hydrogens (tertiary/aromatic N) is 4. The predicted octanol–water partition coefficient (Wildman–Crippen LogP) is 3.63. The van der Waals surface area contributed by atoms with Crippen LogP contribution in [0.15, 0.2) is 39.9 Å². The monoisotopic (exact) mass is 501 g/mol. The van der Waals surface area contributed by atoms with Crippen molar-refractivity contribution in [1.29, 1.82) is 0 Å². The lowest BCUT2D eigenvalue weighted by molar-refractivity contribution is 0.359. The van der Waals surface area contributed by atoms with Gasteiger partial charge < -0.3 is 19.5 Å². The van der Waals surface area contributed by atoms with Crippen LogP contribution in [0.4, 0.5) is 10.1 Å². The van der Waals surface area contributed by atoms with Crippen LogP contribution in [0.25, 0.3) is 0 Å². The van der Waals surface area contributed by atoms with E-state index < -0.39 is 0 Å². The molecule has 0 radical (unpaired) electrons. The van der Waals surface area contributed by atoms with Crippen LogP contribution in [-0.2, 0) is 12.0 Å². The van der Waals surface area contributed by atoms with Gasteiger partial charge in [-0.1, -0.05) is 20.8 Å². The summed E-state index contributed by atoms with van der Waals surface area (Å²) in [6, 6.07) is 6.66. The standard InChI is InChI=1S/C20H28FN5O.HI/c1-20(2,3)17-13-23-18(27-17)14-24-19(22-4)26-11-9-25(10-12-26)16-7-5-15(21)6-8-16;/h5-8,13H,9-12,14H2,1-4H3,(H,22,24);1H. The molecular formula is C20H29FIN5O. The van der Waals surface area contributed by atoms with Crippen LogP contribution < -0.4 is 10.2 Å². The van der Waals surface area contributed by atoms with Crippen LogP contribution in [0.5, 0.6) is 0 Å². The highest BCUT2D eigenvalue weighted by Crippen LogP contribution is 2.22. The molecule has 0 atom stereocenters. The summed E-state index contributed by atoms with van der Waals surface area (Å²) in [5.74, 6) is 2.17. The molecule has 6 nitrogen and oxygen atoms in total. The van der Waals surface area contributed by atoms with Crippen molar-refractivity contribution in [2.24, 2.45) is 4.99 Å². The van der Waals surface area contributed by atoms with Crippen molar-refractivity contribution in [3.05, 3.63) is 47.9 Å². The highest BCUT2D eigenvalue weighted by Gasteiger charge is 2.21. The largest absolute Gasteiger partial charge is 0.443 e. The Kier molecular flexibility index (Phi) is 7.68. The van der Waals surface area contributed by atoms with E-state index in [-0.39, 0.29) is 35.2 Å². The van der Waals surface area contributed by atoms with Gasteiger partial charge in [0, 0.05) is 44.3 Å². The van der Waals surface area contributed by atoms with Crippen molar-refractivity contribution in [1.82, 2.24) is 15.2 Å². The average Bonchev–Trinajstić information content (AvgIpc) is 3.13. The molecule has 28 heavy (non-hydrogen) atoms. The van der Waals surface area contributed by atoms with E-state index in [1.54, 1.807) is 13.2 Å². The van der Waals surface area contributed by atoms with E-state index in [4.69, 9.17) is 4.42 Å². The minimum absolute atomic E-state index is 0. The van der Waals surface area contributed by atoms with Gasteiger partial charge >= 0.3 is 0 Å². The van der Waals surface area contributed by atoms with E-state index in [9.17, 15) is 4.39 Å². The summed E-state index contributed by atoms with van der Waals surface area (Å²) in [5, 5.41) is 3.33. The van der Waals surface area contributed by atoms with Gasteiger partial charge in [0.2, 0.25) is 5.89 Å². The van der Waals surface area contributed by atoms with Crippen LogP contribution in [0.2, 0.25) is 0 Å². The number of hydrogen-bond acceptors (Lipinski definition) is 4. The van der Waals surface area contributed by atoms with Crippen molar-refractivity contribution in [2.75, 3.05) is 38.1 Å². The number of hydrogen-bond donors (Lipinski definition) is 1. The normalized spacial score (nSPS) is 15.4. The summed E-state index contributed by atoms with van der Waals surface area (Å²) in [5.41, 5.74) is 0.998. The fourth-order valence-electron chi connectivity index (χ4n) is 3.05. The Hall–Kier alpha value is -1.84. The topological polar surface area (TPSA) is 56.9 Å². The van der Waals surface area contributed by atoms with Gasteiger partial charge in [0.25, 0.3) is 0 Å². The van der Waals surface area contributed by atoms with E-state index in [2.05, 4.69) is 45.9 Å². The number of anilines is 1. The fourth-order valence-corrected chi connectivity index (χ4v) is 3.05. The van der Waals surface area contributed by atoms with Crippen LogP contribution in [0, 0.1) is 5.82 Å². The third-order valence-corrected chi connectivity index (χ3v) is 4.67.